The smallest absolute Gasteiger partial charge is 0.346 e. The average Bonchev–Trinajstić information content (AvgIpc) is 4.21. The Morgan fingerprint density at radius 3 is 1.91 bits per heavy atom. The highest BCUT2D eigenvalue weighted by atomic mass is 32.1. The lowest BCUT2D eigenvalue weighted by molar-refractivity contribution is -0.132. The van der Waals surface area contributed by atoms with E-state index in [0.717, 1.165) is 116 Å². The highest BCUT2D eigenvalue weighted by Gasteiger charge is 2.23. The molecule has 8 nitrogen and oxygen atoms in total. The third kappa shape index (κ3) is 10.9. The molecule has 0 aliphatic carbocycles. The standard InChI is InChI=1S/C58H59N3O5S4/c1-4-7-10-13-29-64-44-23-20-42(21-24-44)60(43-22-26-47-54(34-43)69-52-28-32-67-55(47)52)41-18-16-39(17-19-41)53-37-50-57(70-53)56-49(36-46(68-56)33-40(38-59)58(62)63)61(50)48-27-25-45(65-30-14-11-8-5-2)35-51(48)66-31-15-12-9-6-3/h16-28,32-37H,4-15,29-31H2,1-3H3,(H,62,63)/b40-33-. The maximum atomic E-state index is 12.0. The van der Waals surface area contributed by atoms with Gasteiger partial charge in [-0.25, -0.2) is 4.79 Å². The molecule has 0 fully saturated rings. The van der Waals surface area contributed by atoms with E-state index in [2.05, 4.69) is 121 Å². The summed E-state index contributed by atoms with van der Waals surface area (Å²) < 4.78 is 27.3. The van der Waals surface area contributed by atoms with E-state index in [4.69, 9.17) is 14.2 Å². The topological polar surface area (TPSA) is 97.0 Å². The lowest BCUT2D eigenvalue weighted by atomic mass is 10.1. The van der Waals surface area contributed by atoms with Crippen molar-refractivity contribution in [1.82, 2.24) is 4.57 Å². The summed E-state index contributed by atoms with van der Waals surface area (Å²) in [5.74, 6) is 1.14. The van der Waals surface area contributed by atoms with Crippen molar-refractivity contribution < 1.29 is 24.1 Å². The minimum Gasteiger partial charge on any atom is -0.494 e. The summed E-state index contributed by atoms with van der Waals surface area (Å²) in [6.07, 6.45) is 15.0. The van der Waals surface area contributed by atoms with Crippen molar-refractivity contribution in [2.24, 2.45) is 0 Å². The van der Waals surface area contributed by atoms with Gasteiger partial charge in [0, 0.05) is 47.7 Å². The molecule has 360 valence electrons. The molecule has 5 heterocycles. The van der Waals surface area contributed by atoms with Crippen molar-refractivity contribution >= 4 is 114 Å². The second-order valence-electron chi connectivity index (χ2n) is 17.6. The maximum absolute atomic E-state index is 12.0. The number of carboxylic acid groups (broad SMARTS) is 1. The summed E-state index contributed by atoms with van der Waals surface area (Å²) >= 11 is 6.84. The predicted molar refractivity (Wildman–Crippen MR) is 298 cm³/mol. The molecule has 0 spiro atoms. The van der Waals surface area contributed by atoms with Crippen LogP contribution in [0.2, 0.25) is 0 Å². The Bertz CT molecular complexity index is 3270. The fourth-order valence-corrected chi connectivity index (χ4v) is 13.6. The van der Waals surface area contributed by atoms with Crippen molar-refractivity contribution in [2.75, 3.05) is 24.7 Å². The van der Waals surface area contributed by atoms with Crippen LogP contribution in [0, 0.1) is 11.3 Å². The maximum Gasteiger partial charge on any atom is 0.346 e. The van der Waals surface area contributed by atoms with Crippen molar-refractivity contribution in [1.29, 1.82) is 5.26 Å². The first-order valence-corrected chi connectivity index (χ1v) is 28.1. The predicted octanol–water partition coefficient (Wildman–Crippen LogP) is 18.3. The number of hydrogen-bond donors (Lipinski definition) is 1. The Morgan fingerprint density at radius 2 is 1.24 bits per heavy atom. The number of anilines is 3. The molecule has 0 saturated carbocycles. The van der Waals surface area contributed by atoms with Crippen molar-refractivity contribution in [2.45, 2.75) is 97.8 Å². The number of rotatable bonds is 25. The quantitative estimate of drug-likeness (QED) is 0.0346. The Hall–Kier alpha value is -6.10. The summed E-state index contributed by atoms with van der Waals surface area (Å²) in [6.45, 7) is 8.59. The number of nitriles is 1. The molecule has 0 aliphatic rings. The van der Waals surface area contributed by atoms with Crippen LogP contribution in [0.15, 0.2) is 114 Å². The van der Waals surface area contributed by atoms with E-state index in [0.29, 0.717) is 24.7 Å². The summed E-state index contributed by atoms with van der Waals surface area (Å²) in [7, 11) is 0. The molecule has 0 saturated heterocycles. The number of aromatic nitrogens is 1. The third-order valence-electron chi connectivity index (χ3n) is 12.6. The normalized spacial score (nSPS) is 11.8. The summed E-state index contributed by atoms with van der Waals surface area (Å²) in [6, 6.07) is 38.5. The zero-order valence-corrected chi connectivity index (χ0v) is 43.4. The Labute approximate surface area is 426 Å². The third-order valence-corrected chi connectivity index (χ3v) is 17.2. The average molecular weight is 1010 g/mol. The van der Waals surface area contributed by atoms with Gasteiger partial charge in [-0.1, -0.05) is 96.8 Å². The number of aliphatic carboxylic acids is 1. The Morgan fingerprint density at radius 1 is 0.629 bits per heavy atom. The lowest BCUT2D eigenvalue weighted by Gasteiger charge is -2.26. The lowest BCUT2D eigenvalue weighted by Crippen LogP contribution is -2.09. The second kappa shape index (κ2) is 23.2. The fraction of sp³-hybridized carbons (Fsp3) is 0.310. The van der Waals surface area contributed by atoms with Crippen LogP contribution in [0.1, 0.15) is 103 Å². The van der Waals surface area contributed by atoms with Crippen LogP contribution in [0.4, 0.5) is 17.1 Å². The van der Waals surface area contributed by atoms with Crippen LogP contribution in [0.3, 0.4) is 0 Å². The number of carboxylic acids is 1. The molecule has 0 bridgehead atoms. The zero-order chi connectivity index (χ0) is 48.4. The first-order chi connectivity index (χ1) is 34.4. The number of thiophene rings is 4. The number of carbonyl (C=O) groups is 1. The van der Waals surface area contributed by atoms with Crippen LogP contribution in [0.25, 0.3) is 62.1 Å². The van der Waals surface area contributed by atoms with Crippen molar-refractivity contribution in [3.63, 3.8) is 0 Å². The van der Waals surface area contributed by atoms with Crippen LogP contribution in [-0.2, 0) is 4.79 Å². The summed E-state index contributed by atoms with van der Waals surface area (Å²) in [5.41, 5.74) is 6.79. The molecule has 0 amide bonds. The first-order valence-electron chi connectivity index (χ1n) is 24.7. The molecule has 9 rings (SSSR count). The Kier molecular flexibility index (Phi) is 16.2. The zero-order valence-electron chi connectivity index (χ0n) is 40.1. The van der Waals surface area contributed by atoms with E-state index in [9.17, 15) is 15.2 Å². The van der Waals surface area contributed by atoms with Gasteiger partial charge < -0.3 is 28.8 Å². The van der Waals surface area contributed by atoms with E-state index in [1.54, 1.807) is 22.7 Å². The van der Waals surface area contributed by atoms with Gasteiger partial charge in [0.1, 0.15) is 28.9 Å². The molecule has 0 unspecified atom stereocenters. The van der Waals surface area contributed by atoms with Crippen molar-refractivity contribution in [3.8, 4) is 39.4 Å². The van der Waals surface area contributed by atoms with Gasteiger partial charge >= 0.3 is 5.97 Å². The van der Waals surface area contributed by atoms with Gasteiger partial charge in [-0.2, -0.15) is 5.26 Å². The second-order valence-corrected chi connectivity index (χ2v) is 21.8. The van der Waals surface area contributed by atoms with E-state index in [1.165, 1.54) is 69.0 Å². The number of hydrogen-bond acceptors (Lipinski definition) is 10. The van der Waals surface area contributed by atoms with Crippen molar-refractivity contribution in [3.05, 3.63) is 119 Å². The van der Waals surface area contributed by atoms with Gasteiger partial charge in [-0.3, -0.25) is 0 Å². The Balaban J connectivity index is 1.10. The van der Waals surface area contributed by atoms with Crippen LogP contribution < -0.4 is 19.1 Å². The first kappa shape index (κ1) is 48.9. The molecule has 70 heavy (non-hydrogen) atoms. The molecule has 12 heteroatoms. The van der Waals surface area contributed by atoms with Crippen LogP contribution in [0.5, 0.6) is 17.2 Å². The van der Waals surface area contributed by atoms with E-state index < -0.39 is 5.97 Å². The number of ether oxygens (including phenoxy) is 3. The van der Waals surface area contributed by atoms with Gasteiger partial charge in [-0.15, -0.1) is 45.3 Å². The molecular weight excluding hydrogens is 947 g/mol. The monoisotopic (exact) mass is 1010 g/mol. The molecule has 0 aliphatic heterocycles. The number of unbranched alkanes of at least 4 members (excludes halogenated alkanes) is 9. The van der Waals surface area contributed by atoms with Gasteiger partial charge in [-0.05, 0) is 115 Å². The highest BCUT2D eigenvalue weighted by Crippen LogP contribution is 2.48. The SMILES string of the molecule is CCCCCCOc1ccc(N(c2ccc(-c3cc4c(s3)c3sc(/C=C(/C#N)C(=O)O)cc3n4-c3ccc(OCCCCCC)cc3OCCCCCC)cc2)c2ccc3c(c2)sc2ccsc23)cc1. The molecule has 4 aromatic carbocycles. The van der Waals surface area contributed by atoms with E-state index in [-0.39, 0.29) is 5.57 Å². The van der Waals surface area contributed by atoms with Crippen LogP contribution >= 0.6 is 45.3 Å². The largest absolute Gasteiger partial charge is 0.494 e. The van der Waals surface area contributed by atoms with E-state index >= 15 is 0 Å². The molecule has 0 atom stereocenters. The summed E-state index contributed by atoms with van der Waals surface area (Å²) in [5, 5.41) is 22.9. The minimum atomic E-state index is -1.25. The van der Waals surface area contributed by atoms with Gasteiger partial charge in [0.25, 0.3) is 0 Å². The van der Waals surface area contributed by atoms with Gasteiger partial charge in [0.15, 0.2) is 0 Å². The highest BCUT2D eigenvalue weighted by molar-refractivity contribution is 7.32. The molecular formula is C58H59N3O5S4. The molecule has 1 N–H and O–H groups in total. The molecule has 9 aromatic rings. The summed E-state index contributed by atoms with van der Waals surface area (Å²) in [4.78, 5) is 16.1. The molecule has 0 radical (unpaired) electrons. The number of nitrogens with zero attached hydrogens (tertiary/aromatic N) is 3. The van der Waals surface area contributed by atoms with Gasteiger partial charge in [0.05, 0.1) is 50.6 Å². The fourth-order valence-electron chi connectivity index (χ4n) is 8.89. The minimum absolute atomic E-state index is 0.304. The number of benzene rings is 4. The molecule has 5 aromatic heterocycles. The van der Waals surface area contributed by atoms with Gasteiger partial charge in [0.2, 0.25) is 0 Å². The van der Waals surface area contributed by atoms with Crippen LogP contribution in [-0.4, -0.2) is 35.5 Å². The van der Waals surface area contributed by atoms with E-state index in [1.807, 2.05) is 35.6 Å². The number of fused-ring (bicyclic) bond motifs is 6.